The molecule has 3 rings (SSSR count). The Labute approximate surface area is 187 Å². The van der Waals surface area contributed by atoms with Gasteiger partial charge in [-0.3, -0.25) is 4.79 Å². The number of hydrogen-bond donors (Lipinski definition) is 1. The summed E-state index contributed by atoms with van der Waals surface area (Å²) in [5.41, 5.74) is 3.52. The van der Waals surface area contributed by atoms with Crippen molar-refractivity contribution in [2.24, 2.45) is 0 Å². The molecule has 0 radical (unpaired) electrons. The van der Waals surface area contributed by atoms with Crippen molar-refractivity contribution in [3.8, 4) is 0 Å². The van der Waals surface area contributed by atoms with E-state index in [9.17, 15) is 4.79 Å². The summed E-state index contributed by atoms with van der Waals surface area (Å²) < 4.78 is 2.40. The smallest absolute Gasteiger partial charge is 0.220 e. The molecule has 2 aromatic carbocycles. The van der Waals surface area contributed by atoms with Crippen LogP contribution in [0.4, 0.5) is 0 Å². The number of carbonyl (C=O) groups excluding carboxylic acids is 1. The lowest BCUT2D eigenvalue weighted by molar-refractivity contribution is -0.121. The van der Waals surface area contributed by atoms with Gasteiger partial charge in [-0.15, -0.1) is 0 Å². The SMILES string of the molecule is CCCCCCCCn1c(CCCNC(=O)CCc2ccccc2)nc2ccccc21. The van der Waals surface area contributed by atoms with E-state index in [4.69, 9.17) is 4.98 Å². The molecule has 0 atom stereocenters. The van der Waals surface area contributed by atoms with Crippen molar-refractivity contribution in [2.75, 3.05) is 6.54 Å². The summed E-state index contributed by atoms with van der Waals surface area (Å²) in [6.45, 7) is 3.99. The molecule has 1 heterocycles. The molecular weight excluding hydrogens is 382 g/mol. The van der Waals surface area contributed by atoms with Crippen LogP contribution in [0.5, 0.6) is 0 Å². The molecule has 166 valence electrons. The summed E-state index contributed by atoms with van der Waals surface area (Å²) in [6, 6.07) is 18.6. The Morgan fingerprint density at radius 3 is 2.45 bits per heavy atom. The van der Waals surface area contributed by atoms with E-state index in [0.717, 1.165) is 37.1 Å². The summed E-state index contributed by atoms with van der Waals surface area (Å²) in [5.74, 6) is 1.28. The Balaban J connectivity index is 1.45. The van der Waals surface area contributed by atoms with Crippen LogP contribution in [0.25, 0.3) is 11.0 Å². The predicted molar refractivity (Wildman–Crippen MR) is 129 cm³/mol. The fourth-order valence-corrected chi connectivity index (χ4v) is 4.08. The number of amides is 1. The van der Waals surface area contributed by atoms with Gasteiger partial charge in [0.2, 0.25) is 5.91 Å². The van der Waals surface area contributed by atoms with E-state index in [1.54, 1.807) is 0 Å². The van der Waals surface area contributed by atoms with Crippen molar-refractivity contribution in [1.29, 1.82) is 0 Å². The van der Waals surface area contributed by atoms with Gasteiger partial charge in [-0.1, -0.05) is 81.5 Å². The van der Waals surface area contributed by atoms with Gasteiger partial charge < -0.3 is 9.88 Å². The van der Waals surface area contributed by atoms with Crippen molar-refractivity contribution in [3.05, 3.63) is 66.0 Å². The fourth-order valence-electron chi connectivity index (χ4n) is 4.08. The minimum absolute atomic E-state index is 0.129. The third kappa shape index (κ3) is 7.54. The number of unbranched alkanes of at least 4 members (excludes halogenated alkanes) is 5. The lowest BCUT2D eigenvalue weighted by atomic mass is 10.1. The maximum atomic E-state index is 12.2. The quantitative estimate of drug-likeness (QED) is 0.322. The molecule has 0 aliphatic rings. The van der Waals surface area contributed by atoms with Crippen LogP contribution in [-0.4, -0.2) is 22.0 Å². The molecule has 1 N–H and O–H groups in total. The van der Waals surface area contributed by atoms with Crippen LogP contribution in [0.2, 0.25) is 0 Å². The highest BCUT2D eigenvalue weighted by molar-refractivity contribution is 5.76. The number of benzene rings is 2. The van der Waals surface area contributed by atoms with Crippen molar-refractivity contribution in [1.82, 2.24) is 14.9 Å². The molecule has 3 aromatic rings. The molecule has 0 aliphatic heterocycles. The number of nitrogens with zero attached hydrogens (tertiary/aromatic N) is 2. The lowest BCUT2D eigenvalue weighted by Gasteiger charge is -2.10. The van der Waals surface area contributed by atoms with E-state index in [2.05, 4.69) is 53.2 Å². The zero-order valence-corrected chi connectivity index (χ0v) is 19.0. The third-order valence-corrected chi connectivity index (χ3v) is 5.85. The second-order valence-corrected chi connectivity index (χ2v) is 8.38. The molecule has 1 aromatic heterocycles. The first-order chi connectivity index (χ1) is 15.3. The molecule has 0 saturated heterocycles. The van der Waals surface area contributed by atoms with Gasteiger partial charge in [0.05, 0.1) is 11.0 Å². The van der Waals surface area contributed by atoms with Gasteiger partial charge in [0.1, 0.15) is 5.82 Å². The number of imidazole rings is 1. The van der Waals surface area contributed by atoms with E-state index >= 15 is 0 Å². The van der Waals surface area contributed by atoms with Crippen LogP contribution in [0, 0.1) is 0 Å². The topological polar surface area (TPSA) is 46.9 Å². The summed E-state index contributed by atoms with van der Waals surface area (Å²) in [5, 5.41) is 3.07. The molecule has 0 saturated carbocycles. The van der Waals surface area contributed by atoms with Crippen LogP contribution in [0.15, 0.2) is 54.6 Å². The van der Waals surface area contributed by atoms with E-state index in [1.165, 1.54) is 49.6 Å². The molecule has 0 spiro atoms. The molecule has 0 aliphatic carbocycles. The summed E-state index contributed by atoms with van der Waals surface area (Å²) in [6.07, 6.45) is 10.9. The standard InChI is InChI=1S/C27H37N3O/c1-2-3-4-5-6-12-22-30-25-17-11-10-16-24(25)29-26(30)18-13-21-28-27(31)20-19-23-14-8-7-9-15-23/h7-11,14-17H,2-6,12-13,18-22H2,1H3,(H,28,31). The van der Waals surface area contributed by atoms with Crippen LogP contribution >= 0.6 is 0 Å². The number of aryl methyl sites for hydroxylation is 3. The normalized spacial score (nSPS) is 11.1. The highest BCUT2D eigenvalue weighted by Crippen LogP contribution is 2.18. The highest BCUT2D eigenvalue weighted by Gasteiger charge is 2.10. The first kappa shape index (κ1) is 23.1. The Hall–Kier alpha value is -2.62. The zero-order chi connectivity index (χ0) is 21.7. The second kappa shape index (κ2) is 12.9. The first-order valence-corrected chi connectivity index (χ1v) is 12.0. The third-order valence-electron chi connectivity index (χ3n) is 5.85. The van der Waals surface area contributed by atoms with E-state index in [1.807, 2.05) is 18.2 Å². The van der Waals surface area contributed by atoms with Gasteiger partial charge in [-0.05, 0) is 37.0 Å². The predicted octanol–water partition coefficient (Wildman–Crippen LogP) is 6.08. The van der Waals surface area contributed by atoms with E-state index in [0.29, 0.717) is 13.0 Å². The minimum atomic E-state index is 0.129. The molecule has 4 heteroatoms. The summed E-state index contributed by atoms with van der Waals surface area (Å²) in [7, 11) is 0. The fraction of sp³-hybridized carbons (Fsp3) is 0.481. The average molecular weight is 420 g/mol. The van der Waals surface area contributed by atoms with E-state index < -0.39 is 0 Å². The summed E-state index contributed by atoms with van der Waals surface area (Å²) in [4.78, 5) is 17.0. The number of aromatic nitrogens is 2. The Morgan fingerprint density at radius 1 is 0.871 bits per heavy atom. The van der Waals surface area contributed by atoms with E-state index in [-0.39, 0.29) is 5.91 Å². The van der Waals surface area contributed by atoms with Gasteiger partial charge in [0.25, 0.3) is 0 Å². The molecule has 0 fully saturated rings. The van der Waals surface area contributed by atoms with Crippen LogP contribution in [-0.2, 0) is 24.2 Å². The number of para-hydroxylation sites is 2. The van der Waals surface area contributed by atoms with Gasteiger partial charge >= 0.3 is 0 Å². The molecule has 4 nitrogen and oxygen atoms in total. The minimum Gasteiger partial charge on any atom is -0.356 e. The molecule has 0 unspecified atom stereocenters. The largest absolute Gasteiger partial charge is 0.356 e. The molecule has 0 bridgehead atoms. The number of rotatable bonds is 14. The maximum Gasteiger partial charge on any atom is 0.220 e. The van der Waals surface area contributed by atoms with Crippen LogP contribution < -0.4 is 5.32 Å². The van der Waals surface area contributed by atoms with Gasteiger partial charge in [-0.25, -0.2) is 4.98 Å². The van der Waals surface area contributed by atoms with Crippen molar-refractivity contribution in [3.63, 3.8) is 0 Å². The molecule has 1 amide bonds. The first-order valence-electron chi connectivity index (χ1n) is 12.0. The lowest BCUT2D eigenvalue weighted by Crippen LogP contribution is -2.25. The number of fused-ring (bicyclic) bond motifs is 1. The number of hydrogen-bond acceptors (Lipinski definition) is 2. The molecule has 31 heavy (non-hydrogen) atoms. The molecular formula is C27H37N3O. The second-order valence-electron chi connectivity index (χ2n) is 8.38. The Kier molecular flexibility index (Phi) is 9.62. The van der Waals surface area contributed by atoms with Gasteiger partial charge in [0, 0.05) is 25.9 Å². The van der Waals surface area contributed by atoms with Crippen molar-refractivity contribution < 1.29 is 4.79 Å². The summed E-state index contributed by atoms with van der Waals surface area (Å²) >= 11 is 0. The number of carbonyl (C=O) groups is 1. The van der Waals surface area contributed by atoms with Gasteiger partial charge in [-0.2, -0.15) is 0 Å². The highest BCUT2D eigenvalue weighted by atomic mass is 16.1. The van der Waals surface area contributed by atoms with Crippen molar-refractivity contribution in [2.45, 2.75) is 77.7 Å². The van der Waals surface area contributed by atoms with Gasteiger partial charge in [0.15, 0.2) is 0 Å². The number of nitrogens with one attached hydrogen (secondary N) is 1. The van der Waals surface area contributed by atoms with Crippen LogP contribution in [0.1, 0.15) is 69.7 Å². The van der Waals surface area contributed by atoms with Crippen LogP contribution in [0.3, 0.4) is 0 Å². The zero-order valence-electron chi connectivity index (χ0n) is 19.0. The maximum absolute atomic E-state index is 12.2. The average Bonchev–Trinajstić information content (AvgIpc) is 3.15. The monoisotopic (exact) mass is 419 g/mol. The van der Waals surface area contributed by atoms with Crippen molar-refractivity contribution >= 4 is 16.9 Å². The Bertz CT molecular complexity index is 917. The Morgan fingerprint density at radius 2 is 1.61 bits per heavy atom.